The minimum atomic E-state index is -0.389. The van der Waals surface area contributed by atoms with E-state index in [4.69, 9.17) is 0 Å². The van der Waals surface area contributed by atoms with Gasteiger partial charge in [-0.25, -0.2) is 0 Å². The lowest BCUT2D eigenvalue weighted by Gasteiger charge is -2.28. The summed E-state index contributed by atoms with van der Waals surface area (Å²) in [6.45, 7) is 15.8. The lowest BCUT2D eigenvalue weighted by Crippen LogP contribution is -2.33. The molecule has 1 unspecified atom stereocenters. The van der Waals surface area contributed by atoms with Crippen LogP contribution in [-0.2, 0) is 0 Å². The molecule has 0 spiro atoms. The first-order valence-corrected chi connectivity index (χ1v) is 8.40. The van der Waals surface area contributed by atoms with Gasteiger partial charge in [-0.2, -0.15) is 0 Å². The third kappa shape index (κ3) is 5.12. The zero-order valence-corrected chi connectivity index (χ0v) is 14.7. The van der Waals surface area contributed by atoms with Crippen molar-refractivity contribution in [2.24, 2.45) is 5.92 Å². The Bertz CT molecular complexity index is 414. The van der Waals surface area contributed by atoms with Crippen molar-refractivity contribution in [2.45, 2.75) is 60.5 Å². The zero-order valence-electron chi connectivity index (χ0n) is 14.7. The molecule has 0 heterocycles. The molecule has 1 N–H and O–H groups in total. The van der Waals surface area contributed by atoms with Crippen LogP contribution in [0.4, 0.5) is 0 Å². The van der Waals surface area contributed by atoms with Gasteiger partial charge in [-0.1, -0.05) is 51.3 Å². The lowest BCUT2D eigenvalue weighted by atomic mass is 9.95. The van der Waals surface area contributed by atoms with Crippen LogP contribution < -0.4 is 0 Å². The van der Waals surface area contributed by atoms with E-state index in [1.165, 1.54) is 29.5 Å². The number of hydrogen-bond donors (Lipinski definition) is 1. The molecule has 0 fully saturated rings. The molecule has 0 aliphatic carbocycles. The predicted molar refractivity (Wildman–Crippen MR) is 91.8 cm³/mol. The second-order valence-electron chi connectivity index (χ2n) is 6.36. The van der Waals surface area contributed by atoms with E-state index < -0.39 is 0 Å². The topological polar surface area (TPSA) is 23.5 Å². The van der Waals surface area contributed by atoms with E-state index in [9.17, 15) is 5.11 Å². The summed E-state index contributed by atoms with van der Waals surface area (Å²) in [6, 6.07) is 4.34. The van der Waals surface area contributed by atoms with Crippen LogP contribution in [0.2, 0.25) is 0 Å². The largest absolute Gasteiger partial charge is 0.387 e. The number of benzene rings is 1. The van der Waals surface area contributed by atoms with E-state index in [1.807, 2.05) is 0 Å². The van der Waals surface area contributed by atoms with Crippen LogP contribution in [0.3, 0.4) is 0 Å². The molecule has 21 heavy (non-hydrogen) atoms. The molecule has 1 aromatic rings. The van der Waals surface area contributed by atoms with Gasteiger partial charge in [-0.15, -0.1) is 0 Å². The second-order valence-corrected chi connectivity index (χ2v) is 6.36. The molecule has 1 aromatic carbocycles. The summed E-state index contributed by atoms with van der Waals surface area (Å²) in [6.07, 6.45) is 2.04. The SMILES string of the molecule is CCC(CC)CN(CC)CC(O)c1c(C)cc(C)cc1C. The Labute approximate surface area is 131 Å². The standard InChI is InChI=1S/C19H33NO/c1-7-17(8-2)12-20(9-3)13-18(21)19-15(5)10-14(4)11-16(19)6/h10-11,17-18,21H,7-9,12-13H2,1-6H3. The molecular formula is C19H33NO. The summed E-state index contributed by atoms with van der Waals surface area (Å²) in [5, 5.41) is 10.7. The Balaban J connectivity index is 2.81. The Morgan fingerprint density at radius 3 is 1.90 bits per heavy atom. The van der Waals surface area contributed by atoms with Gasteiger partial charge in [0.15, 0.2) is 0 Å². The van der Waals surface area contributed by atoms with Gasteiger partial charge in [0, 0.05) is 13.1 Å². The first-order valence-electron chi connectivity index (χ1n) is 8.40. The van der Waals surface area contributed by atoms with E-state index in [1.54, 1.807) is 0 Å². The van der Waals surface area contributed by atoms with Gasteiger partial charge in [-0.3, -0.25) is 0 Å². The van der Waals surface area contributed by atoms with Gasteiger partial charge < -0.3 is 10.0 Å². The first-order chi connectivity index (χ1) is 9.92. The second kappa shape index (κ2) is 8.55. The van der Waals surface area contributed by atoms with E-state index >= 15 is 0 Å². The van der Waals surface area contributed by atoms with Crippen LogP contribution >= 0.6 is 0 Å². The third-order valence-electron chi connectivity index (χ3n) is 4.62. The highest BCUT2D eigenvalue weighted by atomic mass is 16.3. The van der Waals surface area contributed by atoms with E-state index in [-0.39, 0.29) is 6.10 Å². The maximum absolute atomic E-state index is 10.7. The first kappa shape index (κ1) is 18.2. The van der Waals surface area contributed by atoms with E-state index in [0.717, 1.165) is 31.1 Å². The normalized spacial score (nSPS) is 13.2. The third-order valence-corrected chi connectivity index (χ3v) is 4.62. The van der Waals surface area contributed by atoms with Gasteiger partial charge in [0.05, 0.1) is 6.10 Å². The molecule has 0 aromatic heterocycles. The fraction of sp³-hybridized carbons (Fsp3) is 0.684. The van der Waals surface area contributed by atoms with E-state index in [2.05, 4.69) is 58.6 Å². The van der Waals surface area contributed by atoms with Crippen molar-refractivity contribution >= 4 is 0 Å². The van der Waals surface area contributed by atoms with Gasteiger partial charge in [-0.05, 0) is 49.9 Å². The van der Waals surface area contributed by atoms with Crippen LogP contribution in [0.15, 0.2) is 12.1 Å². The number of likely N-dealkylation sites (N-methyl/N-ethyl adjacent to an activating group) is 1. The molecule has 2 heteroatoms. The summed E-state index contributed by atoms with van der Waals surface area (Å²) in [5.41, 5.74) is 4.80. The number of aliphatic hydroxyl groups excluding tert-OH is 1. The predicted octanol–water partition coefficient (Wildman–Crippen LogP) is 4.40. The lowest BCUT2D eigenvalue weighted by molar-refractivity contribution is 0.104. The average Bonchev–Trinajstić information content (AvgIpc) is 2.42. The molecule has 1 atom stereocenters. The van der Waals surface area contributed by atoms with Crippen LogP contribution in [0.1, 0.15) is 62.0 Å². The molecule has 120 valence electrons. The average molecular weight is 291 g/mol. The molecular weight excluding hydrogens is 258 g/mol. The van der Waals surface area contributed by atoms with Crippen molar-refractivity contribution in [3.05, 3.63) is 34.4 Å². The van der Waals surface area contributed by atoms with E-state index in [0.29, 0.717) is 0 Å². The Hall–Kier alpha value is -0.860. The number of aryl methyl sites for hydroxylation is 3. The number of hydrogen-bond acceptors (Lipinski definition) is 2. The van der Waals surface area contributed by atoms with Crippen molar-refractivity contribution in [1.29, 1.82) is 0 Å². The molecule has 2 nitrogen and oxygen atoms in total. The number of nitrogens with zero attached hydrogens (tertiary/aromatic N) is 1. The van der Waals surface area contributed by atoms with Crippen molar-refractivity contribution in [3.8, 4) is 0 Å². The van der Waals surface area contributed by atoms with Crippen molar-refractivity contribution in [3.63, 3.8) is 0 Å². The van der Waals surface area contributed by atoms with Crippen molar-refractivity contribution in [1.82, 2.24) is 4.90 Å². The quantitative estimate of drug-likeness (QED) is 0.767. The fourth-order valence-electron chi connectivity index (χ4n) is 3.30. The highest BCUT2D eigenvalue weighted by molar-refractivity contribution is 5.39. The number of rotatable bonds is 8. The van der Waals surface area contributed by atoms with Crippen LogP contribution in [0.25, 0.3) is 0 Å². The monoisotopic (exact) mass is 291 g/mol. The Morgan fingerprint density at radius 2 is 1.48 bits per heavy atom. The zero-order chi connectivity index (χ0) is 16.0. The van der Waals surface area contributed by atoms with Gasteiger partial charge in [0.1, 0.15) is 0 Å². The molecule has 0 bridgehead atoms. The Morgan fingerprint density at radius 1 is 0.952 bits per heavy atom. The molecule has 0 radical (unpaired) electrons. The molecule has 1 rings (SSSR count). The van der Waals surface area contributed by atoms with Crippen LogP contribution in [0.5, 0.6) is 0 Å². The Kier molecular flexibility index (Phi) is 7.41. The van der Waals surface area contributed by atoms with Crippen molar-refractivity contribution in [2.75, 3.05) is 19.6 Å². The summed E-state index contributed by atoms with van der Waals surface area (Å²) >= 11 is 0. The van der Waals surface area contributed by atoms with Crippen molar-refractivity contribution < 1.29 is 5.11 Å². The molecule has 0 aliphatic rings. The number of aliphatic hydroxyl groups is 1. The summed E-state index contributed by atoms with van der Waals surface area (Å²) in [4.78, 5) is 2.39. The van der Waals surface area contributed by atoms with Gasteiger partial charge in [0.25, 0.3) is 0 Å². The minimum Gasteiger partial charge on any atom is -0.387 e. The molecule has 0 saturated heterocycles. The van der Waals surface area contributed by atoms with Crippen LogP contribution in [-0.4, -0.2) is 29.6 Å². The molecule has 0 aliphatic heterocycles. The fourth-order valence-corrected chi connectivity index (χ4v) is 3.30. The summed E-state index contributed by atoms with van der Waals surface area (Å²) in [7, 11) is 0. The maximum Gasteiger partial charge on any atom is 0.0922 e. The maximum atomic E-state index is 10.7. The highest BCUT2D eigenvalue weighted by Crippen LogP contribution is 2.25. The minimum absolute atomic E-state index is 0.389. The molecule has 0 saturated carbocycles. The van der Waals surface area contributed by atoms with Gasteiger partial charge in [0.2, 0.25) is 0 Å². The molecule has 0 amide bonds. The summed E-state index contributed by atoms with van der Waals surface area (Å²) < 4.78 is 0. The highest BCUT2D eigenvalue weighted by Gasteiger charge is 2.18. The van der Waals surface area contributed by atoms with Gasteiger partial charge >= 0.3 is 0 Å². The smallest absolute Gasteiger partial charge is 0.0922 e. The summed E-state index contributed by atoms with van der Waals surface area (Å²) in [5.74, 6) is 0.734. The van der Waals surface area contributed by atoms with Crippen LogP contribution in [0, 0.1) is 26.7 Å².